The molecule has 8 heteroatoms. The van der Waals surface area contributed by atoms with E-state index in [1.54, 1.807) is 17.0 Å². The van der Waals surface area contributed by atoms with E-state index in [9.17, 15) is 18.8 Å². The summed E-state index contributed by atoms with van der Waals surface area (Å²) in [7, 11) is 1.82. The molecule has 1 atom stereocenters. The van der Waals surface area contributed by atoms with E-state index in [-0.39, 0.29) is 29.8 Å². The van der Waals surface area contributed by atoms with Crippen LogP contribution in [0.15, 0.2) is 24.3 Å². The van der Waals surface area contributed by atoms with Crippen LogP contribution in [0, 0.1) is 5.82 Å². The molecule has 0 bridgehead atoms. The predicted octanol–water partition coefficient (Wildman–Crippen LogP) is 2.90. The van der Waals surface area contributed by atoms with Crippen molar-refractivity contribution in [1.29, 1.82) is 0 Å². The van der Waals surface area contributed by atoms with Crippen molar-refractivity contribution in [3.63, 3.8) is 0 Å². The van der Waals surface area contributed by atoms with Crippen LogP contribution in [-0.2, 0) is 25.7 Å². The van der Waals surface area contributed by atoms with Crippen LogP contribution >= 0.6 is 11.8 Å². The van der Waals surface area contributed by atoms with Gasteiger partial charge in [-0.15, -0.1) is 11.8 Å². The van der Waals surface area contributed by atoms with E-state index < -0.39 is 18.0 Å². The van der Waals surface area contributed by atoms with Gasteiger partial charge in [0.1, 0.15) is 5.82 Å². The van der Waals surface area contributed by atoms with Gasteiger partial charge in [0.2, 0.25) is 5.91 Å². The molecule has 160 valence electrons. The maximum atomic E-state index is 12.9. The van der Waals surface area contributed by atoms with Crippen LogP contribution in [0.1, 0.15) is 44.6 Å². The number of nitrogens with zero attached hydrogens (tertiary/aromatic N) is 1. The second-order valence-corrected chi connectivity index (χ2v) is 8.25. The Kier molecular flexibility index (Phi) is 9.44. The highest BCUT2D eigenvalue weighted by molar-refractivity contribution is 8.00. The quantitative estimate of drug-likeness (QED) is 0.617. The number of hydrogen-bond donors (Lipinski definition) is 1. The fourth-order valence-corrected chi connectivity index (χ4v) is 3.93. The van der Waals surface area contributed by atoms with Gasteiger partial charge in [0, 0.05) is 19.6 Å². The number of ether oxygens (including phenoxy) is 1. The number of carbonyl (C=O) groups excluding carboxylic acids is 3. The molecule has 1 aliphatic carbocycles. The van der Waals surface area contributed by atoms with Gasteiger partial charge < -0.3 is 15.0 Å². The van der Waals surface area contributed by atoms with Gasteiger partial charge >= 0.3 is 5.97 Å². The zero-order valence-electron chi connectivity index (χ0n) is 17.0. The smallest absolute Gasteiger partial charge is 0.316 e. The van der Waals surface area contributed by atoms with Gasteiger partial charge in [0.15, 0.2) is 6.10 Å². The minimum Gasteiger partial charge on any atom is -0.452 e. The minimum absolute atomic E-state index is 0.0137. The normalized spacial score (nSPS) is 15.4. The lowest BCUT2D eigenvalue weighted by Gasteiger charge is -2.31. The summed E-state index contributed by atoms with van der Waals surface area (Å²) in [4.78, 5) is 38.0. The molecule has 6 nitrogen and oxygen atoms in total. The van der Waals surface area contributed by atoms with Gasteiger partial charge in [-0.25, -0.2) is 4.39 Å². The van der Waals surface area contributed by atoms with Gasteiger partial charge in [-0.05, 0) is 37.5 Å². The molecule has 0 heterocycles. The lowest BCUT2D eigenvalue weighted by atomic mass is 9.94. The van der Waals surface area contributed by atoms with E-state index in [1.165, 1.54) is 37.2 Å². The third-order valence-corrected chi connectivity index (χ3v) is 5.91. The monoisotopic (exact) mass is 424 g/mol. The van der Waals surface area contributed by atoms with Gasteiger partial charge in [0.25, 0.3) is 5.91 Å². The second kappa shape index (κ2) is 11.8. The molecule has 2 rings (SSSR count). The molecule has 0 aliphatic heterocycles. The molecule has 0 radical (unpaired) electrons. The third kappa shape index (κ3) is 8.04. The first-order valence-electron chi connectivity index (χ1n) is 9.92. The Balaban J connectivity index is 1.63. The summed E-state index contributed by atoms with van der Waals surface area (Å²) in [6.45, 7) is 1.71. The minimum atomic E-state index is -0.941. The van der Waals surface area contributed by atoms with Crippen LogP contribution in [0.2, 0.25) is 0 Å². The molecule has 1 N–H and O–H groups in total. The van der Waals surface area contributed by atoms with Crippen molar-refractivity contribution in [1.82, 2.24) is 10.2 Å². The molecular weight excluding hydrogens is 395 g/mol. The summed E-state index contributed by atoms with van der Waals surface area (Å²) >= 11 is 1.19. The first kappa shape index (κ1) is 23.2. The summed E-state index contributed by atoms with van der Waals surface area (Å²) in [6, 6.07) is 6.08. The van der Waals surface area contributed by atoms with Crippen LogP contribution in [0.3, 0.4) is 0 Å². The van der Waals surface area contributed by atoms with Crippen molar-refractivity contribution in [2.75, 3.05) is 18.6 Å². The van der Waals surface area contributed by atoms with Crippen molar-refractivity contribution < 1.29 is 23.5 Å². The highest BCUT2D eigenvalue weighted by Crippen LogP contribution is 2.22. The molecule has 0 unspecified atom stereocenters. The summed E-state index contributed by atoms with van der Waals surface area (Å²) in [6.07, 6.45) is 4.68. The van der Waals surface area contributed by atoms with Crippen molar-refractivity contribution in [2.24, 2.45) is 0 Å². The Bertz CT molecular complexity index is 692. The lowest BCUT2D eigenvalue weighted by Crippen LogP contribution is -2.39. The number of nitrogens with one attached hydrogen (secondary N) is 1. The highest BCUT2D eigenvalue weighted by atomic mass is 32.2. The molecule has 1 aromatic carbocycles. The first-order valence-corrected chi connectivity index (χ1v) is 11.1. The Labute approximate surface area is 175 Å². The van der Waals surface area contributed by atoms with Crippen LogP contribution in [-0.4, -0.2) is 53.4 Å². The largest absolute Gasteiger partial charge is 0.452 e. The van der Waals surface area contributed by atoms with Crippen molar-refractivity contribution in [2.45, 2.75) is 57.7 Å². The van der Waals surface area contributed by atoms with Crippen LogP contribution in [0.25, 0.3) is 0 Å². The predicted molar refractivity (Wildman–Crippen MR) is 111 cm³/mol. The average Bonchev–Trinajstić information content (AvgIpc) is 2.73. The van der Waals surface area contributed by atoms with E-state index in [0.29, 0.717) is 6.04 Å². The second-order valence-electron chi connectivity index (χ2n) is 7.27. The molecule has 1 aromatic rings. The Morgan fingerprint density at radius 1 is 1.17 bits per heavy atom. The maximum absolute atomic E-state index is 12.9. The molecule has 0 spiro atoms. The Morgan fingerprint density at radius 2 is 1.83 bits per heavy atom. The molecule has 1 fully saturated rings. The fourth-order valence-electron chi connectivity index (χ4n) is 3.22. The number of benzene rings is 1. The lowest BCUT2D eigenvalue weighted by molar-refractivity contribution is -0.152. The summed E-state index contributed by atoms with van der Waals surface area (Å²) < 4.78 is 18.0. The number of esters is 1. The van der Waals surface area contributed by atoms with E-state index >= 15 is 0 Å². The van der Waals surface area contributed by atoms with Gasteiger partial charge in [0.05, 0.1) is 11.5 Å². The number of rotatable bonds is 9. The average molecular weight is 425 g/mol. The zero-order chi connectivity index (χ0) is 21.2. The third-order valence-electron chi connectivity index (χ3n) is 5.02. The van der Waals surface area contributed by atoms with Crippen molar-refractivity contribution >= 4 is 29.5 Å². The number of amides is 2. The summed E-state index contributed by atoms with van der Waals surface area (Å²) in [5.41, 5.74) is 0.745. The molecule has 1 saturated carbocycles. The van der Waals surface area contributed by atoms with Crippen molar-refractivity contribution in [3.05, 3.63) is 35.6 Å². The van der Waals surface area contributed by atoms with Crippen LogP contribution in [0.4, 0.5) is 4.39 Å². The molecule has 1 aliphatic rings. The van der Waals surface area contributed by atoms with E-state index in [1.807, 2.05) is 7.05 Å². The molecule has 2 amide bonds. The van der Waals surface area contributed by atoms with E-state index in [2.05, 4.69) is 5.32 Å². The SMILES string of the molecule is C[C@H](OC(=O)CSCC(=O)N(C)C1CCCCC1)C(=O)NCc1ccc(F)cc1. The molecular formula is C21H29FN2O4S. The summed E-state index contributed by atoms with van der Waals surface area (Å²) in [5.74, 6) is -1.07. The van der Waals surface area contributed by atoms with Crippen LogP contribution < -0.4 is 5.32 Å². The first-order chi connectivity index (χ1) is 13.9. The standard InChI is InChI=1S/C21H29FN2O4S/c1-15(21(27)23-12-16-8-10-17(22)11-9-16)28-20(26)14-29-13-19(25)24(2)18-6-4-3-5-7-18/h8-11,15,18H,3-7,12-14H2,1-2H3,(H,23,27)/t15-/m0/s1. The molecule has 0 aromatic heterocycles. The topological polar surface area (TPSA) is 75.7 Å². The number of thioether (sulfide) groups is 1. The van der Waals surface area contributed by atoms with Crippen molar-refractivity contribution in [3.8, 4) is 0 Å². The van der Waals surface area contributed by atoms with Gasteiger partial charge in [-0.3, -0.25) is 14.4 Å². The van der Waals surface area contributed by atoms with E-state index in [4.69, 9.17) is 4.74 Å². The van der Waals surface area contributed by atoms with Gasteiger partial charge in [-0.2, -0.15) is 0 Å². The van der Waals surface area contributed by atoms with Crippen LogP contribution in [0.5, 0.6) is 0 Å². The number of hydrogen-bond acceptors (Lipinski definition) is 5. The van der Waals surface area contributed by atoms with E-state index in [0.717, 1.165) is 31.2 Å². The molecule has 29 heavy (non-hydrogen) atoms. The fraction of sp³-hybridized carbons (Fsp3) is 0.571. The Morgan fingerprint density at radius 3 is 2.48 bits per heavy atom. The summed E-state index contributed by atoms with van der Waals surface area (Å²) in [5, 5.41) is 2.64. The zero-order valence-corrected chi connectivity index (χ0v) is 17.8. The molecule has 0 saturated heterocycles. The number of halogens is 1. The number of carbonyl (C=O) groups is 3. The maximum Gasteiger partial charge on any atom is 0.316 e. The van der Waals surface area contributed by atoms with Gasteiger partial charge in [-0.1, -0.05) is 31.4 Å². The highest BCUT2D eigenvalue weighted by Gasteiger charge is 2.22. The Hall–Kier alpha value is -2.09.